The lowest BCUT2D eigenvalue weighted by Gasteiger charge is -2.12. The van der Waals surface area contributed by atoms with Gasteiger partial charge in [0.25, 0.3) is 0 Å². The van der Waals surface area contributed by atoms with Crippen LogP contribution in [-0.4, -0.2) is 34.0 Å². The highest BCUT2D eigenvalue weighted by atomic mass is 16.5. The number of carbonyl (C=O) groups excluding carboxylic acids is 3. The van der Waals surface area contributed by atoms with Crippen LogP contribution in [0.4, 0.5) is 5.69 Å². The zero-order valence-electron chi connectivity index (χ0n) is 17.9. The highest BCUT2D eigenvalue weighted by molar-refractivity contribution is 6.02. The number of ether oxygens (including phenoxy) is 1. The molecule has 3 rings (SSSR count). The Bertz CT molecular complexity index is 1080. The Morgan fingerprint density at radius 1 is 0.968 bits per heavy atom. The number of anilines is 1. The van der Waals surface area contributed by atoms with Gasteiger partial charge in [-0.05, 0) is 44.2 Å². The van der Waals surface area contributed by atoms with E-state index < -0.39 is 12.1 Å². The van der Waals surface area contributed by atoms with Crippen molar-refractivity contribution in [2.24, 2.45) is 5.92 Å². The second-order valence-electron chi connectivity index (χ2n) is 7.67. The van der Waals surface area contributed by atoms with Crippen molar-refractivity contribution in [2.45, 2.75) is 33.8 Å². The first-order valence-electron chi connectivity index (χ1n) is 10.0. The molecule has 0 saturated heterocycles. The highest BCUT2D eigenvalue weighted by Gasteiger charge is 2.22. The molecule has 31 heavy (non-hydrogen) atoms. The molecule has 3 aromatic rings. The van der Waals surface area contributed by atoms with E-state index >= 15 is 0 Å². The summed E-state index contributed by atoms with van der Waals surface area (Å²) >= 11 is 0. The highest BCUT2D eigenvalue weighted by Crippen LogP contribution is 2.19. The third kappa shape index (κ3) is 5.45. The summed E-state index contributed by atoms with van der Waals surface area (Å²) in [6.45, 7) is 7.11. The summed E-state index contributed by atoms with van der Waals surface area (Å²) in [5, 5.41) is 9.57. The number of amides is 1. The monoisotopic (exact) mass is 419 g/mol. The van der Waals surface area contributed by atoms with Gasteiger partial charge in [-0.15, -0.1) is 0 Å². The normalized spacial score (nSPS) is 11.8. The molecule has 160 valence electrons. The fourth-order valence-corrected chi connectivity index (χ4v) is 2.82. The predicted octanol–water partition coefficient (Wildman–Crippen LogP) is 4.41. The summed E-state index contributed by atoms with van der Waals surface area (Å²) in [5.74, 6) is -1.25. The van der Waals surface area contributed by atoms with Crippen LogP contribution < -0.4 is 5.32 Å². The number of aromatic nitrogens is 2. The van der Waals surface area contributed by atoms with Gasteiger partial charge in [-0.2, -0.15) is 5.10 Å². The molecule has 1 aromatic heterocycles. The van der Waals surface area contributed by atoms with Gasteiger partial charge in [0.2, 0.25) is 11.7 Å². The number of benzene rings is 2. The van der Waals surface area contributed by atoms with Crippen molar-refractivity contribution < 1.29 is 19.1 Å². The number of rotatable bonds is 7. The Hall–Kier alpha value is -3.74. The lowest BCUT2D eigenvalue weighted by Crippen LogP contribution is -2.24. The molecule has 0 aliphatic rings. The number of aromatic amines is 1. The Kier molecular flexibility index (Phi) is 6.65. The maximum atomic E-state index is 12.6. The van der Waals surface area contributed by atoms with Gasteiger partial charge in [0.05, 0.1) is 5.69 Å². The van der Waals surface area contributed by atoms with E-state index in [-0.39, 0.29) is 23.3 Å². The summed E-state index contributed by atoms with van der Waals surface area (Å²) in [6, 6.07) is 15.8. The van der Waals surface area contributed by atoms with Crippen LogP contribution in [0, 0.1) is 12.8 Å². The summed E-state index contributed by atoms with van der Waals surface area (Å²) in [7, 11) is 0. The third-order valence-electron chi connectivity index (χ3n) is 4.76. The van der Waals surface area contributed by atoms with Crippen LogP contribution >= 0.6 is 0 Å². The number of Topliss-reactive ketones (excluding diaryl/α,β-unsaturated/α-hetero) is 1. The van der Waals surface area contributed by atoms with Crippen molar-refractivity contribution in [1.82, 2.24) is 10.2 Å². The van der Waals surface area contributed by atoms with Crippen LogP contribution in [0.25, 0.3) is 11.3 Å². The lowest BCUT2D eigenvalue weighted by molar-refractivity contribution is -0.118. The molecule has 0 aliphatic carbocycles. The third-order valence-corrected chi connectivity index (χ3v) is 4.76. The van der Waals surface area contributed by atoms with Gasteiger partial charge in [-0.25, -0.2) is 4.79 Å². The maximum Gasteiger partial charge on any atom is 0.357 e. The van der Waals surface area contributed by atoms with Gasteiger partial charge < -0.3 is 10.1 Å². The summed E-state index contributed by atoms with van der Waals surface area (Å²) < 4.78 is 5.32. The summed E-state index contributed by atoms with van der Waals surface area (Å²) in [4.78, 5) is 36.8. The molecule has 1 amide bonds. The van der Waals surface area contributed by atoms with Gasteiger partial charge in [0.1, 0.15) is 5.69 Å². The Balaban J connectivity index is 1.62. The predicted molar refractivity (Wildman–Crippen MR) is 118 cm³/mol. The Morgan fingerprint density at radius 3 is 2.23 bits per heavy atom. The zero-order valence-corrected chi connectivity index (χ0v) is 17.9. The van der Waals surface area contributed by atoms with E-state index in [0.29, 0.717) is 16.9 Å². The van der Waals surface area contributed by atoms with E-state index in [1.807, 2.05) is 31.2 Å². The number of hydrogen-bond donors (Lipinski definition) is 2. The maximum absolute atomic E-state index is 12.6. The van der Waals surface area contributed by atoms with Crippen molar-refractivity contribution >= 4 is 23.3 Å². The second kappa shape index (κ2) is 9.38. The molecule has 0 aliphatic heterocycles. The second-order valence-corrected chi connectivity index (χ2v) is 7.67. The minimum absolute atomic E-state index is 0.106. The largest absolute Gasteiger partial charge is 0.450 e. The molecular weight excluding hydrogens is 394 g/mol. The summed E-state index contributed by atoms with van der Waals surface area (Å²) in [5.41, 5.74) is 3.76. The van der Waals surface area contributed by atoms with E-state index in [0.717, 1.165) is 11.1 Å². The van der Waals surface area contributed by atoms with Crippen LogP contribution in [0.5, 0.6) is 0 Å². The topological polar surface area (TPSA) is 101 Å². The van der Waals surface area contributed by atoms with Gasteiger partial charge in [-0.1, -0.05) is 43.7 Å². The van der Waals surface area contributed by atoms with Crippen LogP contribution in [0.15, 0.2) is 54.6 Å². The lowest BCUT2D eigenvalue weighted by atomic mass is 10.1. The van der Waals surface area contributed by atoms with E-state index in [1.54, 1.807) is 44.2 Å². The number of H-pyrrole nitrogens is 1. The van der Waals surface area contributed by atoms with Crippen molar-refractivity contribution in [3.05, 3.63) is 71.4 Å². The number of ketones is 1. The molecule has 1 atom stereocenters. The molecule has 1 heterocycles. The minimum Gasteiger partial charge on any atom is -0.450 e. The molecule has 2 N–H and O–H groups in total. The van der Waals surface area contributed by atoms with Crippen LogP contribution in [0.2, 0.25) is 0 Å². The first kappa shape index (κ1) is 22.0. The number of carbonyl (C=O) groups is 3. The van der Waals surface area contributed by atoms with Crippen LogP contribution in [0.1, 0.15) is 47.2 Å². The van der Waals surface area contributed by atoms with Crippen molar-refractivity contribution in [3.63, 3.8) is 0 Å². The number of hydrogen-bond acceptors (Lipinski definition) is 5. The standard InChI is InChI=1S/C24H25N3O4/c1-14(2)23(29)25-19-11-9-18(10-12-19)22(28)16(4)31-24(30)21-13-20(26-27-21)17-7-5-15(3)6-8-17/h5-14,16H,1-4H3,(H,25,29)(H,26,27). The molecule has 0 spiro atoms. The molecule has 1 unspecified atom stereocenters. The summed E-state index contributed by atoms with van der Waals surface area (Å²) in [6.07, 6.45) is -0.977. The average molecular weight is 419 g/mol. The molecule has 0 radical (unpaired) electrons. The van der Waals surface area contributed by atoms with Crippen LogP contribution in [-0.2, 0) is 9.53 Å². The smallest absolute Gasteiger partial charge is 0.357 e. The molecular formula is C24H25N3O4. The van der Waals surface area contributed by atoms with Gasteiger partial charge in [0.15, 0.2) is 6.10 Å². The van der Waals surface area contributed by atoms with Crippen molar-refractivity contribution in [3.8, 4) is 11.3 Å². The minimum atomic E-state index is -0.977. The molecule has 0 saturated carbocycles. The number of nitrogens with one attached hydrogen (secondary N) is 2. The van der Waals surface area contributed by atoms with Gasteiger partial charge in [0, 0.05) is 22.7 Å². The Morgan fingerprint density at radius 2 is 1.61 bits per heavy atom. The average Bonchev–Trinajstić information content (AvgIpc) is 3.24. The quantitative estimate of drug-likeness (QED) is 0.436. The van der Waals surface area contributed by atoms with Gasteiger partial charge in [-0.3, -0.25) is 14.7 Å². The molecule has 2 aromatic carbocycles. The number of aryl methyl sites for hydroxylation is 1. The molecule has 7 heteroatoms. The van der Waals surface area contributed by atoms with Crippen LogP contribution in [0.3, 0.4) is 0 Å². The van der Waals surface area contributed by atoms with Crippen molar-refractivity contribution in [2.75, 3.05) is 5.32 Å². The van der Waals surface area contributed by atoms with E-state index in [2.05, 4.69) is 15.5 Å². The molecule has 0 fully saturated rings. The number of esters is 1. The SMILES string of the molecule is Cc1ccc(-c2cc(C(=O)OC(C)C(=O)c3ccc(NC(=O)C(C)C)cc3)[nH]n2)cc1. The van der Waals surface area contributed by atoms with Gasteiger partial charge >= 0.3 is 5.97 Å². The Labute approximate surface area is 180 Å². The zero-order chi connectivity index (χ0) is 22.5. The first-order chi connectivity index (χ1) is 14.7. The fourth-order valence-electron chi connectivity index (χ4n) is 2.82. The molecule has 7 nitrogen and oxygen atoms in total. The van der Waals surface area contributed by atoms with Crippen molar-refractivity contribution in [1.29, 1.82) is 0 Å². The molecule has 0 bridgehead atoms. The number of nitrogens with zero attached hydrogens (tertiary/aromatic N) is 1. The fraction of sp³-hybridized carbons (Fsp3) is 0.250. The van der Waals surface area contributed by atoms with E-state index in [9.17, 15) is 14.4 Å². The van der Waals surface area contributed by atoms with E-state index in [4.69, 9.17) is 4.74 Å². The van der Waals surface area contributed by atoms with E-state index in [1.165, 1.54) is 6.92 Å². The first-order valence-corrected chi connectivity index (χ1v) is 10.0.